The SMILES string of the molecule is O=C(CCc1c[nH]c2ncccc12)N1CCC2(CC1)CNc1ccc(-c3ccc(-c4ccccc4)nc3)cc12. The normalized spacial score (nSPS) is 15.8. The Morgan fingerprint density at radius 3 is 2.56 bits per heavy atom. The maximum Gasteiger partial charge on any atom is 0.222 e. The van der Waals surface area contributed by atoms with Crippen LogP contribution in [0.15, 0.2) is 91.4 Å². The molecule has 0 saturated carbocycles. The summed E-state index contributed by atoms with van der Waals surface area (Å²) in [5.41, 5.74) is 9.14. The molecule has 194 valence electrons. The number of H-pyrrole nitrogens is 1. The van der Waals surface area contributed by atoms with Crippen molar-refractivity contribution in [1.29, 1.82) is 0 Å². The van der Waals surface area contributed by atoms with Gasteiger partial charge in [-0.15, -0.1) is 0 Å². The van der Waals surface area contributed by atoms with E-state index in [-0.39, 0.29) is 11.3 Å². The van der Waals surface area contributed by atoms with Gasteiger partial charge in [0.25, 0.3) is 0 Å². The van der Waals surface area contributed by atoms with Crippen LogP contribution in [0, 0.1) is 0 Å². The van der Waals surface area contributed by atoms with E-state index in [2.05, 4.69) is 68.7 Å². The van der Waals surface area contributed by atoms with Gasteiger partial charge in [-0.3, -0.25) is 9.78 Å². The summed E-state index contributed by atoms with van der Waals surface area (Å²) in [4.78, 5) is 27.5. The number of aromatic nitrogens is 3. The van der Waals surface area contributed by atoms with Gasteiger partial charge in [-0.2, -0.15) is 0 Å². The predicted molar refractivity (Wildman–Crippen MR) is 156 cm³/mol. The van der Waals surface area contributed by atoms with Crippen LogP contribution >= 0.6 is 0 Å². The second kappa shape index (κ2) is 9.70. The molecule has 5 heterocycles. The Kier molecular flexibility index (Phi) is 5.88. The number of fused-ring (bicyclic) bond motifs is 3. The van der Waals surface area contributed by atoms with E-state index in [0.29, 0.717) is 6.42 Å². The van der Waals surface area contributed by atoms with Crippen LogP contribution in [0.5, 0.6) is 0 Å². The number of rotatable bonds is 5. The molecule has 5 aromatic rings. The Morgan fingerprint density at radius 1 is 0.897 bits per heavy atom. The van der Waals surface area contributed by atoms with E-state index in [1.54, 1.807) is 6.20 Å². The van der Waals surface area contributed by atoms with Crippen LogP contribution < -0.4 is 5.32 Å². The molecule has 0 aliphatic carbocycles. The molecule has 7 rings (SSSR count). The average Bonchev–Trinajstić information content (AvgIpc) is 3.58. The van der Waals surface area contributed by atoms with E-state index in [1.165, 1.54) is 16.8 Å². The van der Waals surface area contributed by atoms with Crippen molar-refractivity contribution in [3.63, 3.8) is 0 Å². The molecule has 1 spiro atoms. The lowest BCUT2D eigenvalue weighted by Crippen LogP contribution is -2.46. The first-order valence-electron chi connectivity index (χ1n) is 13.8. The van der Waals surface area contributed by atoms with Gasteiger partial charge in [0.05, 0.1) is 5.69 Å². The fraction of sp³-hybridized carbons (Fsp3) is 0.242. The lowest BCUT2D eigenvalue weighted by molar-refractivity contribution is -0.132. The molecule has 0 bridgehead atoms. The van der Waals surface area contributed by atoms with Gasteiger partial charge in [-0.1, -0.05) is 42.5 Å². The molecule has 39 heavy (non-hydrogen) atoms. The van der Waals surface area contributed by atoms with Crippen molar-refractivity contribution in [3.8, 4) is 22.4 Å². The van der Waals surface area contributed by atoms with E-state index in [1.807, 2.05) is 36.7 Å². The van der Waals surface area contributed by atoms with E-state index < -0.39 is 0 Å². The highest BCUT2D eigenvalue weighted by molar-refractivity contribution is 5.82. The van der Waals surface area contributed by atoms with Crippen LogP contribution in [0.3, 0.4) is 0 Å². The van der Waals surface area contributed by atoms with Gasteiger partial charge < -0.3 is 15.2 Å². The first-order valence-corrected chi connectivity index (χ1v) is 13.8. The Morgan fingerprint density at radius 2 is 1.74 bits per heavy atom. The Bertz CT molecular complexity index is 1630. The predicted octanol–water partition coefficient (Wildman–Crippen LogP) is 6.21. The highest BCUT2D eigenvalue weighted by Gasteiger charge is 2.42. The van der Waals surface area contributed by atoms with Crippen LogP contribution in [0.1, 0.15) is 30.4 Å². The van der Waals surface area contributed by atoms with E-state index in [9.17, 15) is 4.79 Å². The van der Waals surface area contributed by atoms with Crippen molar-refractivity contribution in [1.82, 2.24) is 19.9 Å². The zero-order valence-corrected chi connectivity index (χ0v) is 21.9. The van der Waals surface area contributed by atoms with E-state index in [0.717, 1.165) is 72.3 Å². The van der Waals surface area contributed by atoms with Crippen molar-refractivity contribution in [3.05, 3.63) is 103 Å². The summed E-state index contributed by atoms with van der Waals surface area (Å²) in [5, 5.41) is 4.75. The number of pyridine rings is 2. The number of piperidine rings is 1. The van der Waals surface area contributed by atoms with Crippen molar-refractivity contribution >= 4 is 22.6 Å². The number of nitrogens with zero attached hydrogens (tertiary/aromatic N) is 3. The smallest absolute Gasteiger partial charge is 0.222 e. The van der Waals surface area contributed by atoms with Gasteiger partial charge in [0.15, 0.2) is 0 Å². The second-order valence-electron chi connectivity index (χ2n) is 10.8. The summed E-state index contributed by atoms with van der Waals surface area (Å²) in [6.45, 7) is 2.53. The zero-order valence-electron chi connectivity index (χ0n) is 21.9. The summed E-state index contributed by atoms with van der Waals surface area (Å²) in [5.74, 6) is 0.243. The van der Waals surface area contributed by atoms with Crippen LogP contribution in [0.2, 0.25) is 0 Å². The second-order valence-corrected chi connectivity index (χ2v) is 10.8. The van der Waals surface area contributed by atoms with Crippen LogP contribution in [0.4, 0.5) is 5.69 Å². The monoisotopic (exact) mass is 513 g/mol. The van der Waals surface area contributed by atoms with Gasteiger partial charge in [-0.25, -0.2) is 4.98 Å². The minimum absolute atomic E-state index is 0.0715. The highest BCUT2D eigenvalue weighted by Crippen LogP contribution is 2.45. The van der Waals surface area contributed by atoms with Crippen molar-refractivity contribution < 1.29 is 4.79 Å². The third-order valence-electron chi connectivity index (χ3n) is 8.59. The molecule has 6 nitrogen and oxygen atoms in total. The fourth-order valence-electron chi connectivity index (χ4n) is 6.27. The molecule has 3 aromatic heterocycles. The van der Waals surface area contributed by atoms with Crippen molar-refractivity contribution in [2.24, 2.45) is 0 Å². The van der Waals surface area contributed by atoms with Crippen LogP contribution in [0.25, 0.3) is 33.4 Å². The number of carbonyl (C=O) groups is 1. The summed E-state index contributed by atoms with van der Waals surface area (Å²) in [6.07, 6.45) is 8.96. The molecule has 2 aromatic carbocycles. The number of hydrogen-bond donors (Lipinski definition) is 2. The summed E-state index contributed by atoms with van der Waals surface area (Å²) >= 11 is 0. The molecular weight excluding hydrogens is 482 g/mol. The Hall–Kier alpha value is -4.45. The number of carbonyl (C=O) groups excluding carboxylic acids is 1. The molecule has 2 aliphatic rings. The molecule has 0 unspecified atom stereocenters. The van der Waals surface area contributed by atoms with Gasteiger partial charge in [0.1, 0.15) is 5.65 Å². The molecule has 2 N–H and O–H groups in total. The first-order chi connectivity index (χ1) is 19.2. The quantitative estimate of drug-likeness (QED) is 0.293. The standard InChI is InChI=1S/C33H31N5O/c39-31(13-10-26-21-36-32-27(26)7-4-16-34-32)38-17-14-33(15-18-38)22-37-30-12-8-24(19-28(30)33)25-9-11-29(35-20-25)23-5-2-1-3-6-23/h1-9,11-12,16,19-21,37H,10,13-15,17-18,22H2,(H,34,36). The first kappa shape index (κ1) is 23.7. The Labute approximate surface area is 228 Å². The van der Waals surface area contributed by atoms with Crippen LogP contribution in [-0.2, 0) is 16.6 Å². The number of hydrogen-bond acceptors (Lipinski definition) is 4. The topological polar surface area (TPSA) is 73.9 Å². The lowest BCUT2D eigenvalue weighted by Gasteiger charge is -2.39. The average molecular weight is 514 g/mol. The number of benzene rings is 2. The maximum absolute atomic E-state index is 13.1. The number of anilines is 1. The number of likely N-dealkylation sites (tertiary alicyclic amines) is 1. The lowest BCUT2D eigenvalue weighted by atomic mass is 9.73. The van der Waals surface area contributed by atoms with Gasteiger partial charge in [0.2, 0.25) is 5.91 Å². The van der Waals surface area contributed by atoms with Gasteiger partial charge >= 0.3 is 0 Å². The number of amides is 1. The summed E-state index contributed by atoms with van der Waals surface area (Å²) in [6, 6.07) is 25.3. The van der Waals surface area contributed by atoms with E-state index >= 15 is 0 Å². The third kappa shape index (κ3) is 4.36. The summed E-state index contributed by atoms with van der Waals surface area (Å²) < 4.78 is 0. The molecule has 6 heteroatoms. The van der Waals surface area contributed by atoms with Crippen molar-refractivity contribution in [2.75, 3.05) is 25.0 Å². The Balaban J connectivity index is 1.03. The molecule has 1 fully saturated rings. The minimum atomic E-state index is 0.0715. The third-order valence-corrected chi connectivity index (χ3v) is 8.59. The summed E-state index contributed by atoms with van der Waals surface area (Å²) in [7, 11) is 0. The van der Waals surface area contributed by atoms with E-state index in [4.69, 9.17) is 4.98 Å². The number of aromatic amines is 1. The van der Waals surface area contributed by atoms with Crippen LogP contribution in [-0.4, -0.2) is 45.4 Å². The maximum atomic E-state index is 13.1. The molecule has 1 saturated heterocycles. The molecule has 2 aliphatic heterocycles. The zero-order chi connectivity index (χ0) is 26.2. The molecule has 1 amide bonds. The molecule has 0 atom stereocenters. The molecule has 0 radical (unpaired) electrons. The highest BCUT2D eigenvalue weighted by atomic mass is 16.2. The molecular formula is C33H31N5O. The fourth-order valence-corrected chi connectivity index (χ4v) is 6.27. The van der Waals surface area contributed by atoms with Crippen molar-refractivity contribution in [2.45, 2.75) is 31.1 Å². The number of nitrogens with one attached hydrogen (secondary N) is 2. The largest absolute Gasteiger partial charge is 0.384 e. The number of aryl methyl sites for hydroxylation is 1. The van der Waals surface area contributed by atoms with Gasteiger partial charge in [-0.05, 0) is 66.3 Å². The minimum Gasteiger partial charge on any atom is -0.384 e. The van der Waals surface area contributed by atoms with Gasteiger partial charge in [0, 0.05) is 72.3 Å².